The molecule has 2 amide bonds. The van der Waals surface area contributed by atoms with Crippen LogP contribution in [0, 0.1) is 0 Å². The van der Waals surface area contributed by atoms with Crippen LogP contribution in [0.25, 0.3) is 0 Å². The van der Waals surface area contributed by atoms with Crippen molar-refractivity contribution in [1.29, 1.82) is 0 Å². The van der Waals surface area contributed by atoms with E-state index in [4.69, 9.17) is 0 Å². The van der Waals surface area contributed by atoms with Gasteiger partial charge in [0.15, 0.2) is 10.8 Å². The number of nitrogens with one attached hydrogen (secondary N) is 2. The van der Waals surface area contributed by atoms with Gasteiger partial charge in [0.2, 0.25) is 0 Å². The Morgan fingerprint density at radius 3 is 2.20 bits per heavy atom. The van der Waals surface area contributed by atoms with Gasteiger partial charge in [-0.1, -0.05) is 12.1 Å². The van der Waals surface area contributed by atoms with Gasteiger partial charge in [-0.2, -0.15) is 26.3 Å². The summed E-state index contributed by atoms with van der Waals surface area (Å²) >= 11 is 0.629. The first-order valence-electron chi connectivity index (χ1n) is 6.79. The van der Waals surface area contributed by atoms with Gasteiger partial charge in [-0.15, -0.1) is 11.3 Å². The minimum Gasteiger partial charge on any atom is -0.337 e. The van der Waals surface area contributed by atoms with Crippen molar-refractivity contribution in [3.63, 3.8) is 0 Å². The summed E-state index contributed by atoms with van der Waals surface area (Å²) in [5, 5.41) is 5.11. The number of urea groups is 1. The number of halogens is 6. The Morgan fingerprint density at radius 1 is 1.04 bits per heavy atom. The summed E-state index contributed by atoms with van der Waals surface area (Å²) in [6, 6.07) is 3.69. The molecule has 0 atom stereocenters. The Morgan fingerprint density at radius 2 is 1.68 bits per heavy atom. The maximum absolute atomic E-state index is 12.4. The first-order valence-corrected chi connectivity index (χ1v) is 7.67. The largest absolute Gasteiger partial charge is 0.434 e. The van der Waals surface area contributed by atoms with Crippen molar-refractivity contribution in [3.8, 4) is 0 Å². The van der Waals surface area contributed by atoms with E-state index in [1.54, 1.807) is 0 Å². The lowest BCUT2D eigenvalue weighted by molar-refractivity contribution is -0.140. The molecule has 11 heteroatoms. The number of carbonyl (C=O) groups excluding carboxylic acids is 1. The minimum absolute atomic E-state index is 0.0920. The molecule has 25 heavy (non-hydrogen) atoms. The van der Waals surface area contributed by atoms with Crippen molar-refractivity contribution in [2.45, 2.75) is 18.8 Å². The molecule has 4 nitrogen and oxygen atoms in total. The van der Waals surface area contributed by atoms with Crippen molar-refractivity contribution in [2.75, 3.05) is 11.9 Å². The van der Waals surface area contributed by atoms with Crippen LogP contribution in [0.5, 0.6) is 0 Å². The Kier molecular flexibility index (Phi) is 5.55. The van der Waals surface area contributed by atoms with Crippen LogP contribution in [0.15, 0.2) is 29.6 Å². The van der Waals surface area contributed by atoms with Crippen molar-refractivity contribution in [3.05, 3.63) is 46.5 Å². The maximum Gasteiger partial charge on any atom is 0.434 e. The number of aromatic nitrogens is 1. The van der Waals surface area contributed by atoms with E-state index in [9.17, 15) is 31.1 Å². The van der Waals surface area contributed by atoms with Crippen LogP contribution in [0.3, 0.4) is 0 Å². The van der Waals surface area contributed by atoms with Gasteiger partial charge in [0, 0.05) is 11.9 Å². The standard InChI is InChI=1S/C14H11F6N3OS/c15-13(16,17)9-3-1-8(2-4-9)5-6-21-11(24)23-12-22-10(7-25-12)14(18,19)20/h1-4,7H,5-6H2,(H2,21,22,23,24). The fourth-order valence-corrected chi connectivity index (χ4v) is 2.50. The molecule has 2 rings (SSSR count). The van der Waals surface area contributed by atoms with E-state index < -0.39 is 29.6 Å². The third-order valence-electron chi connectivity index (χ3n) is 3.00. The number of benzene rings is 1. The maximum atomic E-state index is 12.4. The first-order chi connectivity index (χ1) is 11.6. The van der Waals surface area contributed by atoms with Gasteiger partial charge in [-0.25, -0.2) is 9.78 Å². The van der Waals surface area contributed by atoms with Crippen LogP contribution >= 0.6 is 11.3 Å². The molecule has 0 radical (unpaired) electrons. The molecule has 1 heterocycles. The summed E-state index contributed by atoms with van der Waals surface area (Å²) in [7, 11) is 0. The summed E-state index contributed by atoms with van der Waals surface area (Å²) in [4.78, 5) is 14.8. The zero-order chi connectivity index (χ0) is 18.7. The second-order valence-electron chi connectivity index (χ2n) is 4.86. The van der Waals surface area contributed by atoms with E-state index in [-0.39, 0.29) is 18.1 Å². The molecule has 2 N–H and O–H groups in total. The first kappa shape index (κ1) is 19.0. The van der Waals surface area contributed by atoms with Gasteiger partial charge in [-0.3, -0.25) is 5.32 Å². The van der Waals surface area contributed by atoms with Crippen LogP contribution in [0.2, 0.25) is 0 Å². The molecular formula is C14H11F6N3OS. The van der Waals surface area contributed by atoms with E-state index >= 15 is 0 Å². The highest BCUT2D eigenvalue weighted by molar-refractivity contribution is 7.13. The predicted molar refractivity (Wildman–Crippen MR) is 79.3 cm³/mol. The third kappa shape index (κ3) is 5.62. The number of thiazole rings is 1. The van der Waals surface area contributed by atoms with Gasteiger partial charge >= 0.3 is 18.4 Å². The molecule has 0 spiro atoms. The van der Waals surface area contributed by atoms with Crippen molar-refractivity contribution < 1.29 is 31.1 Å². The number of hydrogen-bond acceptors (Lipinski definition) is 3. The van der Waals surface area contributed by atoms with Gasteiger partial charge in [0.1, 0.15) is 0 Å². The summed E-state index contributed by atoms with van der Waals surface area (Å²) in [6.45, 7) is 0.0920. The Hall–Kier alpha value is -2.30. The number of alkyl halides is 6. The number of anilines is 1. The second kappa shape index (κ2) is 7.30. The fourth-order valence-electron chi connectivity index (χ4n) is 1.78. The topological polar surface area (TPSA) is 54.0 Å². The molecule has 1 aromatic heterocycles. The zero-order valence-corrected chi connectivity index (χ0v) is 13.1. The number of rotatable bonds is 4. The average Bonchev–Trinajstić information content (AvgIpc) is 2.95. The predicted octanol–water partition coefficient (Wildman–Crippen LogP) is 4.54. The monoisotopic (exact) mass is 383 g/mol. The summed E-state index contributed by atoms with van der Waals surface area (Å²) in [6.07, 6.45) is -8.74. The zero-order valence-electron chi connectivity index (χ0n) is 12.3. The molecule has 0 aliphatic carbocycles. The summed E-state index contributed by atoms with van der Waals surface area (Å²) < 4.78 is 74.4. The van der Waals surface area contributed by atoms with E-state index in [0.717, 1.165) is 17.5 Å². The van der Waals surface area contributed by atoms with E-state index in [2.05, 4.69) is 15.6 Å². The van der Waals surface area contributed by atoms with Gasteiger partial charge in [-0.05, 0) is 24.1 Å². The molecule has 0 saturated carbocycles. The van der Waals surface area contributed by atoms with E-state index in [1.165, 1.54) is 12.1 Å². The normalized spacial score (nSPS) is 12.1. The number of hydrogen-bond donors (Lipinski definition) is 2. The summed E-state index contributed by atoms with van der Waals surface area (Å²) in [5.41, 5.74) is -1.30. The molecule has 0 aliphatic rings. The fraction of sp³-hybridized carbons (Fsp3) is 0.286. The lowest BCUT2D eigenvalue weighted by Crippen LogP contribution is -2.30. The van der Waals surface area contributed by atoms with Crippen LogP contribution in [-0.4, -0.2) is 17.6 Å². The molecule has 0 bridgehead atoms. The van der Waals surface area contributed by atoms with E-state index in [0.29, 0.717) is 16.9 Å². The molecule has 136 valence electrons. The SMILES string of the molecule is O=C(NCCc1ccc(C(F)(F)F)cc1)Nc1nc(C(F)(F)F)cs1. The molecule has 1 aromatic carbocycles. The van der Waals surface area contributed by atoms with Crippen LogP contribution < -0.4 is 10.6 Å². The average molecular weight is 383 g/mol. The Bertz CT molecular complexity index is 723. The highest BCUT2D eigenvalue weighted by Gasteiger charge is 2.34. The Balaban J connectivity index is 1.80. The minimum atomic E-state index is -4.59. The third-order valence-corrected chi connectivity index (χ3v) is 3.75. The molecule has 0 unspecified atom stereocenters. The summed E-state index contributed by atoms with van der Waals surface area (Å²) in [5.74, 6) is 0. The number of carbonyl (C=O) groups is 1. The molecule has 0 saturated heterocycles. The lowest BCUT2D eigenvalue weighted by atomic mass is 10.1. The van der Waals surface area contributed by atoms with Crippen molar-refractivity contribution in [1.82, 2.24) is 10.3 Å². The van der Waals surface area contributed by atoms with Crippen LogP contribution in [0.4, 0.5) is 36.3 Å². The van der Waals surface area contributed by atoms with Gasteiger partial charge < -0.3 is 5.32 Å². The quantitative estimate of drug-likeness (QED) is 0.762. The number of amides is 2. The molecule has 2 aromatic rings. The Labute approximate surface area is 141 Å². The molecule has 0 fully saturated rings. The van der Waals surface area contributed by atoms with E-state index in [1.807, 2.05) is 0 Å². The van der Waals surface area contributed by atoms with Gasteiger partial charge in [0.25, 0.3) is 0 Å². The van der Waals surface area contributed by atoms with Crippen LogP contribution in [-0.2, 0) is 18.8 Å². The molecular weight excluding hydrogens is 372 g/mol. The molecule has 0 aliphatic heterocycles. The van der Waals surface area contributed by atoms with Crippen LogP contribution in [0.1, 0.15) is 16.8 Å². The number of nitrogens with zero attached hydrogens (tertiary/aromatic N) is 1. The highest BCUT2D eigenvalue weighted by Crippen LogP contribution is 2.31. The highest BCUT2D eigenvalue weighted by atomic mass is 32.1. The van der Waals surface area contributed by atoms with Crippen molar-refractivity contribution in [2.24, 2.45) is 0 Å². The van der Waals surface area contributed by atoms with Crippen molar-refractivity contribution >= 4 is 22.5 Å². The lowest BCUT2D eigenvalue weighted by Gasteiger charge is -2.08. The smallest absolute Gasteiger partial charge is 0.337 e. The van der Waals surface area contributed by atoms with Gasteiger partial charge in [0.05, 0.1) is 5.56 Å². The second-order valence-corrected chi connectivity index (χ2v) is 5.72.